The van der Waals surface area contributed by atoms with Gasteiger partial charge in [-0.25, -0.2) is 18.1 Å². The molecule has 186 valence electrons. The number of nitrogens with zero attached hydrogens (tertiary/aromatic N) is 2. The molecule has 0 aliphatic carbocycles. The smallest absolute Gasteiger partial charge is 0.369 e. The number of carbonyl (C=O) groups is 1. The number of fused-ring (bicyclic) bond motifs is 1. The van der Waals surface area contributed by atoms with E-state index in [9.17, 15) is 39.6 Å². The molecule has 1 aromatic carbocycles. The summed E-state index contributed by atoms with van der Waals surface area (Å²) in [5.74, 6) is -3.02. The van der Waals surface area contributed by atoms with Crippen LogP contribution in [0.1, 0.15) is 17.5 Å². The van der Waals surface area contributed by atoms with Gasteiger partial charge in [-0.05, 0) is 30.2 Å². The van der Waals surface area contributed by atoms with Crippen LogP contribution < -0.4 is 20.7 Å². The predicted molar refractivity (Wildman–Crippen MR) is 110 cm³/mol. The number of nitrogens with one attached hydrogen (secondary N) is 4. The van der Waals surface area contributed by atoms with Gasteiger partial charge < -0.3 is 16.0 Å². The summed E-state index contributed by atoms with van der Waals surface area (Å²) < 4.78 is 101. The topological polar surface area (TPSA) is 125 Å². The maximum absolute atomic E-state index is 13.3. The van der Waals surface area contributed by atoms with Crippen LogP contribution in [0.5, 0.6) is 0 Å². The predicted octanol–water partition coefficient (Wildman–Crippen LogP) is 3.02. The van der Waals surface area contributed by atoms with Gasteiger partial charge in [0.15, 0.2) is 5.75 Å². The first-order chi connectivity index (χ1) is 15.7. The molecule has 0 fully saturated rings. The Morgan fingerprint density at radius 1 is 1.09 bits per heavy atom. The third kappa shape index (κ3) is 7.18. The van der Waals surface area contributed by atoms with Crippen LogP contribution in [0.25, 0.3) is 0 Å². The summed E-state index contributed by atoms with van der Waals surface area (Å²) in [6.07, 6.45) is -9.12. The second-order valence-corrected chi connectivity index (χ2v) is 9.03. The van der Waals surface area contributed by atoms with Gasteiger partial charge in [-0.15, -0.1) is 0 Å². The van der Waals surface area contributed by atoms with Crippen molar-refractivity contribution < 1.29 is 39.6 Å². The molecule has 4 N–H and O–H groups in total. The zero-order valence-electron chi connectivity index (χ0n) is 17.1. The fourth-order valence-electron chi connectivity index (χ4n) is 3.01. The monoisotopic (exact) mass is 512 g/mol. The molecule has 2 aromatic rings. The van der Waals surface area contributed by atoms with Crippen LogP contribution >= 0.6 is 0 Å². The molecule has 1 aliphatic rings. The Morgan fingerprint density at radius 2 is 1.82 bits per heavy atom. The number of rotatable bonds is 9. The first kappa shape index (κ1) is 25.5. The molecule has 9 nitrogen and oxygen atoms in total. The summed E-state index contributed by atoms with van der Waals surface area (Å²) in [6.45, 7) is -0.647. The van der Waals surface area contributed by atoms with E-state index >= 15 is 0 Å². The highest BCUT2D eigenvalue weighted by Gasteiger charge is 2.36. The number of alkyl halides is 6. The van der Waals surface area contributed by atoms with Gasteiger partial charge in [0.05, 0.1) is 6.42 Å². The van der Waals surface area contributed by atoms with Crippen molar-refractivity contribution in [2.24, 2.45) is 0 Å². The standard InChI is InChI=1S/C18H18F6N6O3S/c19-17(20,21)9-34(32,33)27-5-1-4-25-15-12(18(22,23)24)8-26-16(30-15)28-11-2-3-13-10(6-11)7-14(31)29-13/h2-3,6,8,27H,1,4-5,7,9H2,(H,29,31)(H2,25,26,28,30). The Morgan fingerprint density at radius 3 is 2.50 bits per heavy atom. The molecule has 2 heterocycles. The van der Waals surface area contributed by atoms with E-state index in [-0.39, 0.29) is 31.2 Å². The molecule has 3 rings (SSSR count). The van der Waals surface area contributed by atoms with E-state index < -0.39 is 46.1 Å². The number of aromatic nitrogens is 2. The number of sulfonamides is 1. The maximum Gasteiger partial charge on any atom is 0.421 e. The lowest BCUT2D eigenvalue weighted by Crippen LogP contribution is -2.34. The average Bonchev–Trinajstić information content (AvgIpc) is 3.04. The van der Waals surface area contributed by atoms with Gasteiger partial charge in [0.25, 0.3) is 0 Å². The minimum absolute atomic E-state index is 0.118. The number of hydrogen-bond donors (Lipinski definition) is 4. The van der Waals surface area contributed by atoms with Crippen LogP contribution in [0.15, 0.2) is 24.4 Å². The fourth-order valence-corrected chi connectivity index (χ4v) is 4.00. The van der Waals surface area contributed by atoms with Gasteiger partial charge in [0.2, 0.25) is 21.9 Å². The van der Waals surface area contributed by atoms with Crippen molar-refractivity contribution >= 4 is 39.1 Å². The highest BCUT2D eigenvalue weighted by atomic mass is 32.2. The van der Waals surface area contributed by atoms with E-state index in [1.165, 1.54) is 0 Å². The van der Waals surface area contributed by atoms with Gasteiger partial charge in [0.1, 0.15) is 11.4 Å². The van der Waals surface area contributed by atoms with E-state index in [4.69, 9.17) is 0 Å². The maximum atomic E-state index is 13.3. The van der Waals surface area contributed by atoms with Crippen molar-refractivity contribution in [2.75, 3.05) is 34.8 Å². The second-order valence-electron chi connectivity index (χ2n) is 7.22. The average molecular weight is 512 g/mol. The summed E-state index contributed by atoms with van der Waals surface area (Å²) >= 11 is 0. The van der Waals surface area contributed by atoms with Crippen LogP contribution in [0.4, 0.5) is 49.5 Å². The summed E-state index contributed by atoms with van der Waals surface area (Å²) in [4.78, 5) is 18.9. The van der Waals surface area contributed by atoms with Gasteiger partial charge in [-0.3, -0.25) is 4.79 Å². The molecule has 1 amide bonds. The zero-order chi connectivity index (χ0) is 25.1. The van der Waals surface area contributed by atoms with E-state index in [1.807, 2.05) is 0 Å². The first-order valence-corrected chi connectivity index (χ1v) is 11.3. The van der Waals surface area contributed by atoms with E-state index in [0.717, 1.165) is 0 Å². The van der Waals surface area contributed by atoms with Crippen molar-refractivity contribution in [2.45, 2.75) is 25.2 Å². The summed E-state index contributed by atoms with van der Waals surface area (Å²) in [7, 11) is -4.61. The molecular weight excluding hydrogens is 494 g/mol. The summed E-state index contributed by atoms with van der Waals surface area (Å²) in [6, 6.07) is 4.81. The van der Waals surface area contributed by atoms with Crippen molar-refractivity contribution in [3.63, 3.8) is 0 Å². The van der Waals surface area contributed by atoms with Gasteiger partial charge in [0, 0.05) is 30.7 Å². The lowest BCUT2D eigenvalue weighted by Gasteiger charge is -2.15. The zero-order valence-corrected chi connectivity index (χ0v) is 18.0. The molecule has 0 radical (unpaired) electrons. The molecule has 34 heavy (non-hydrogen) atoms. The molecule has 0 bridgehead atoms. The number of carbonyl (C=O) groups excluding carboxylic acids is 1. The van der Waals surface area contributed by atoms with Crippen molar-refractivity contribution in [1.82, 2.24) is 14.7 Å². The van der Waals surface area contributed by atoms with Gasteiger partial charge in [-0.2, -0.15) is 31.3 Å². The Hall–Kier alpha value is -3.14. The Balaban J connectivity index is 1.65. The highest BCUT2D eigenvalue weighted by Crippen LogP contribution is 2.34. The molecule has 0 atom stereocenters. The van der Waals surface area contributed by atoms with Crippen LogP contribution in [-0.2, 0) is 27.4 Å². The van der Waals surface area contributed by atoms with Crippen LogP contribution in [0.2, 0.25) is 0 Å². The number of hydrogen-bond acceptors (Lipinski definition) is 7. The quantitative estimate of drug-likeness (QED) is 0.301. The molecular formula is C18H18F6N6O3S. The lowest BCUT2D eigenvalue weighted by atomic mass is 10.1. The van der Waals surface area contributed by atoms with Crippen molar-refractivity contribution in [1.29, 1.82) is 0 Å². The summed E-state index contributed by atoms with van der Waals surface area (Å²) in [5, 5.41) is 7.79. The number of amides is 1. The Kier molecular flexibility index (Phi) is 7.21. The lowest BCUT2D eigenvalue weighted by molar-refractivity contribution is -0.137. The SMILES string of the molecule is O=C1Cc2cc(Nc3ncc(C(F)(F)F)c(NCCCNS(=O)(=O)CC(F)(F)F)n3)ccc2N1. The Labute approximate surface area is 189 Å². The number of halogens is 6. The molecule has 0 spiro atoms. The molecule has 16 heteroatoms. The van der Waals surface area contributed by atoms with E-state index in [0.29, 0.717) is 23.1 Å². The molecule has 0 saturated carbocycles. The summed E-state index contributed by atoms with van der Waals surface area (Å²) in [5.41, 5.74) is 0.560. The van der Waals surface area contributed by atoms with E-state index in [2.05, 4.69) is 25.9 Å². The second kappa shape index (κ2) is 9.61. The van der Waals surface area contributed by atoms with Crippen LogP contribution in [-0.4, -0.2) is 49.3 Å². The third-order valence-electron chi connectivity index (χ3n) is 4.40. The molecule has 0 unspecified atom stereocenters. The van der Waals surface area contributed by atoms with Gasteiger partial charge in [-0.1, -0.05) is 0 Å². The molecule has 1 aliphatic heterocycles. The first-order valence-electron chi connectivity index (χ1n) is 9.64. The molecule has 1 aromatic heterocycles. The fraction of sp³-hybridized carbons (Fsp3) is 0.389. The van der Waals surface area contributed by atoms with Crippen LogP contribution in [0, 0.1) is 0 Å². The van der Waals surface area contributed by atoms with Crippen molar-refractivity contribution in [3.05, 3.63) is 35.5 Å². The largest absolute Gasteiger partial charge is 0.421 e. The minimum Gasteiger partial charge on any atom is -0.369 e. The van der Waals surface area contributed by atoms with Crippen LogP contribution in [0.3, 0.4) is 0 Å². The number of anilines is 4. The van der Waals surface area contributed by atoms with Gasteiger partial charge >= 0.3 is 12.4 Å². The molecule has 0 saturated heterocycles. The van der Waals surface area contributed by atoms with Crippen molar-refractivity contribution in [3.8, 4) is 0 Å². The Bertz CT molecular complexity index is 1170. The third-order valence-corrected chi connectivity index (χ3v) is 5.75. The highest BCUT2D eigenvalue weighted by molar-refractivity contribution is 7.89. The normalized spacial score (nSPS) is 14.0. The number of benzene rings is 1. The van der Waals surface area contributed by atoms with E-state index in [1.54, 1.807) is 22.9 Å². The minimum atomic E-state index is -4.92.